The minimum atomic E-state index is 0.453. The van der Waals surface area contributed by atoms with Crippen molar-refractivity contribution in [3.63, 3.8) is 0 Å². The van der Waals surface area contributed by atoms with Crippen molar-refractivity contribution >= 4 is 0 Å². The van der Waals surface area contributed by atoms with Crippen molar-refractivity contribution in [3.05, 3.63) is 0 Å². The maximum atomic E-state index is 4.00. The second-order valence-electron chi connectivity index (χ2n) is 7.79. The van der Waals surface area contributed by atoms with E-state index >= 15 is 0 Å². The number of rotatable bonds is 6. The van der Waals surface area contributed by atoms with Gasteiger partial charge < -0.3 is 5.32 Å². The maximum absolute atomic E-state index is 4.00. The molecule has 2 rings (SSSR count). The quantitative estimate of drug-likeness (QED) is 0.779. The predicted molar refractivity (Wildman–Crippen MR) is 92.7 cm³/mol. The zero-order valence-electron chi connectivity index (χ0n) is 15.0. The Hall–Kier alpha value is -0.0800. The first-order chi connectivity index (χ1) is 10.1. The molecule has 0 radical (unpaired) electrons. The summed E-state index contributed by atoms with van der Waals surface area (Å²) in [5.74, 6) is 1.70. The van der Waals surface area contributed by atoms with Crippen LogP contribution in [0.25, 0.3) is 0 Å². The molecule has 0 aromatic heterocycles. The summed E-state index contributed by atoms with van der Waals surface area (Å²) in [7, 11) is 0. The smallest absolute Gasteiger partial charge is 0.0309 e. The number of hydrogen-bond donors (Lipinski definition) is 1. The van der Waals surface area contributed by atoms with E-state index in [0.717, 1.165) is 17.9 Å². The van der Waals surface area contributed by atoms with Gasteiger partial charge in [0.2, 0.25) is 0 Å². The van der Waals surface area contributed by atoms with Crippen molar-refractivity contribution in [1.82, 2.24) is 10.2 Å². The Morgan fingerprint density at radius 3 is 2.29 bits per heavy atom. The molecule has 1 aliphatic carbocycles. The molecule has 2 unspecified atom stereocenters. The van der Waals surface area contributed by atoms with Gasteiger partial charge in [0.25, 0.3) is 0 Å². The number of piperazine rings is 1. The summed E-state index contributed by atoms with van der Waals surface area (Å²) in [6, 6.07) is 0.753. The molecule has 1 saturated heterocycles. The van der Waals surface area contributed by atoms with Gasteiger partial charge in [-0.15, -0.1) is 0 Å². The molecule has 2 heteroatoms. The van der Waals surface area contributed by atoms with Crippen LogP contribution in [0.4, 0.5) is 0 Å². The van der Waals surface area contributed by atoms with E-state index in [9.17, 15) is 0 Å². The van der Waals surface area contributed by atoms with Gasteiger partial charge in [-0.25, -0.2) is 0 Å². The lowest BCUT2D eigenvalue weighted by Gasteiger charge is -2.52. The van der Waals surface area contributed by atoms with Crippen LogP contribution in [-0.4, -0.2) is 36.1 Å². The molecular weight excluding hydrogens is 256 g/mol. The van der Waals surface area contributed by atoms with E-state index in [1.165, 1.54) is 71.0 Å². The van der Waals surface area contributed by atoms with Crippen LogP contribution in [0.3, 0.4) is 0 Å². The fourth-order valence-corrected chi connectivity index (χ4v) is 4.49. The summed E-state index contributed by atoms with van der Waals surface area (Å²) >= 11 is 0. The molecule has 2 aliphatic rings. The average molecular weight is 295 g/mol. The molecule has 1 saturated carbocycles. The summed E-state index contributed by atoms with van der Waals surface area (Å²) in [4.78, 5) is 2.88. The highest BCUT2D eigenvalue weighted by Gasteiger charge is 2.41. The van der Waals surface area contributed by atoms with Gasteiger partial charge in [0, 0.05) is 31.2 Å². The van der Waals surface area contributed by atoms with Crippen molar-refractivity contribution < 1.29 is 0 Å². The third-order valence-electron chi connectivity index (χ3n) is 6.42. The van der Waals surface area contributed by atoms with E-state index in [1.807, 2.05) is 0 Å². The molecule has 2 fully saturated rings. The Balaban J connectivity index is 2.06. The van der Waals surface area contributed by atoms with Gasteiger partial charge >= 0.3 is 0 Å². The van der Waals surface area contributed by atoms with Crippen LogP contribution in [0.2, 0.25) is 0 Å². The van der Waals surface area contributed by atoms with Crippen molar-refractivity contribution in [2.45, 2.75) is 90.6 Å². The van der Waals surface area contributed by atoms with Crippen molar-refractivity contribution in [2.24, 2.45) is 11.8 Å². The molecule has 2 nitrogen and oxygen atoms in total. The lowest BCUT2D eigenvalue weighted by atomic mass is 9.78. The van der Waals surface area contributed by atoms with Crippen LogP contribution in [0.1, 0.15) is 79.1 Å². The molecule has 1 heterocycles. The molecule has 1 spiro atoms. The topological polar surface area (TPSA) is 15.3 Å². The first-order valence-corrected chi connectivity index (χ1v) is 9.63. The highest BCUT2D eigenvalue weighted by Crippen LogP contribution is 2.34. The first kappa shape index (κ1) is 17.3. The largest absolute Gasteiger partial charge is 0.308 e. The number of hydrogen-bond acceptors (Lipinski definition) is 2. The van der Waals surface area contributed by atoms with Gasteiger partial charge in [-0.1, -0.05) is 66.2 Å². The minimum Gasteiger partial charge on any atom is -0.308 e. The molecule has 2 atom stereocenters. The van der Waals surface area contributed by atoms with E-state index < -0.39 is 0 Å². The van der Waals surface area contributed by atoms with E-state index in [-0.39, 0.29) is 0 Å². The number of nitrogens with zero attached hydrogens (tertiary/aromatic N) is 1. The third kappa shape index (κ3) is 4.22. The Morgan fingerprint density at radius 1 is 1.05 bits per heavy atom. The van der Waals surface area contributed by atoms with Gasteiger partial charge in [0.1, 0.15) is 0 Å². The molecule has 0 aromatic rings. The van der Waals surface area contributed by atoms with E-state index in [4.69, 9.17) is 0 Å². The summed E-state index contributed by atoms with van der Waals surface area (Å²) in [6.07, 6.45) is 11.1. The lowest BCUT2D eigenvalue weighted by Crippen LogP contribution is -2.66. The fourth-order valence-electron chi connectivity index (χ4n) is 4.49. The fraction of sp³-hybridized carbons (Fsp3) is 1.00. The van der Waals surface area contributed by atoms with Gasteiger partial charge in [0.05, 0.1) is 0 Å². The minimum absolute atomic E-state index is 0.453. The lowest BCUT2D eigenvalue weighted by molar-refractivity contribution is 0.0211. The van der Waals surface area contributed by atoms with Gasteiger partial charge in [-0.2, -0.15) is 0 Å². The molecule has 124 valence electrons. The van der Waals surface area contributed by atoms with Gasteiger partial charge in [-0.05, 0) is 24.7 Å². The molecule has 21 heavy (non-hydrogen) atoms. The van der Waals surface area contributed by atoms with Crippen molar-refractivity contribution in [3.8, 4) is 0 Å². The molecule has 1 aliphatic heterocycles. The average Bonchev–Trinajstić information content (AvgIpc) is 2.53. The highest BCUT2D eigenvalue weighted by atomic mass is 15.3. The van der Waals surface area contributed by atoms with E-state index in [0.29, 0.717) is 5.54 Å². The third-order valence-corrected chi connectivity index (χ3v) is 6.42. The molecular formula is C19H38N2. The second kappa shape index (κ2) is 7.97. The SMILES string of the molecule is CCC(CC)CN1CC2(CCCCC2)NCC1C(C)CC. The van der Waals surface area contributed by atoms with Crippen LogP contribution in [0.15, 0.2) is 0 Å². The highest BCUT2D eigenvalue weighted by molar-refractivity contribution is 5.00. The summed E-state index contributed by atoms with van der Waals surface area (Å²) in [5.41, 5.74) is 0.453. The molecule has 0 aromatic carbocycles. The van der Waals surface area contributed by atoms with Crippen LogP contribution in [0, 0.1) is 11.8 Å². The van der Waals surface area contributed by atoms with E-state index in [2.05, 4.69) is 37.9 Å². The number of nitrogens with one attached hydrogen (secondary N) is 1. The Morgan fingerprint density at radius 2 is 1.71 bits per heavy atom. The van der Waals surface area contributed by atoms with Crippen molar-refractivity contribution in [2.75, 3.05) is 19.6 Å². The summed E-state index contributed by atoms with van der Waals surface area (Å²) in [6.45, 7) is 13.4. The van der Waals surface area contributed by atoms with Crippen LogP contribution in [-0.2, 0) is 0 Å². The van der Waals surface area contributed by atoms with Gasteiger partial charge in [-0.3, -0.25) is 4.90 Å². The molecule has 0 amide bonds. The predicted octanol–water partition coefficient (Wildman–Crippen LogP) is 4.45. The Labute approximate surface area is 133 Å². The standard InChI is InChI=1S/C19H38N2/c1-5-16(4)18-13-20-19(11-9-8-10-12-19)15-21(18)14-17(6-2)7-3/h16-18,20H,5-15H2,1-4H3. The Bertz CT molecular complexity index is 292. The van der Waals surface area contributed by atoms with Crippen LogP contribution < -0.4 is 5.32 Å². The summed E-state index contributed by atoms with van der Waals surface area (Å²) < 4.78 is 0. The molecule has 1 N–H and O–H groups in total. The zero-order valence-corrected chi connectivity index (χ0v) is 15.0. The first-order valence-electron chi connectivity index (χ1n) is 9.63. The molecule has 0 bridgehead atoms. The maximum Gasteiger partial charge on any atom is 0.0309 e. The second-order valence-corrected chi connectivity index (χ2v) is 7.79. The van der Waals surface area contributed by atoms with Crippen LogP contribution >= 0.6 is 0 Å². The van der Waals surface area contributed by atoms with Gasteiger partial charge in [0.15, 0.2) is 0 Å². The van der Waals surface area contributed by atoms with Crippen LogP contribution in [0.5, 0.6) is 0 Å². The Kier molecular flexibility index (Phi) is 6.55. The zero-order chi connectivity index (χ0) is 15.3. The van der Waals surface area contributed by atoms with E-state index in [1.54, 1.807) is 0 Å². The monoisotopic (exact) mass is 294 g/mol. The van der Waals surface area contributed by atoms with Crippen molar-refractivity contribution in [1.29, 1.82) is 0 Å². The summed E-state index contributed by atoms with van der Waals surface area (Å²) in [5, 5.41) is 4.00. The normalized spacial score (nSPS) is 28.1.